The molecule has 2 unspecified atom stereocenters. The molecule has 2 atom stereocenters. The Bertz CT molecular complexity index is 494. The van der Waals surface area contributed by atoms with Crippen LogP contribution in [-0.2, 0) is 0 Å². The molecule has 108 valence electrons. The van der Waals surface area contributed by atoms with Crippen molar-refractivity contribution in [3.05, 3.63) is 29.0 Å². The van der Waals surface area contributed by atoms with E-state index in [0.29, 0.717) is 28.7 Å². The summed E-state index contributed by atoms with van der Waals surface area (Å²) in [6.07, 6.45) is 6.56. The third-order valence-electron chi connectivity index (χ3n) is 4.70. The van der Waals surface area contributed by atoms with Gasteiger partial charge in [-0.3, -0.25) is 9.78 Å². The Kier molecular flexibility index (Phi) is 3.94. The standard InChI is InChI=1S/C15H20ClN3O/c1-19-12-2-3-13(19)7-10(6-12)9-18-15(20)14-8-11(16)4-5-17-14/h4-5,8,10,12-13H,2-3,6-7,9H2,1H3,(H,18,20). The van der Waals surface area contributed by atoms with E-state index in [9.17, 15) is 4.79 Å². The van der Waals surface area contributed by atoms with Crippen LogP contribution in [0.1, 0.15) is 36.2 Å². The molecular formula is C15H20ClN3O. The summed E-state index contributed by atoms with van der Waals surface area (Å²) in [4.78, 5) is 18.6. The molecule has 1 N–H and O–H groups in total. The van der Waals surface area contributed by atoms with Gasteiger partial charge in [0.1, 0.15) is 5.69 Å². The van der Waals surface area contributed by atoms with Gasteiger partial charge in [0.15, 0.2) is 0 Å². The van der Waals surface area contributed by atoms with Crippen molar-refractivity contribution in [2.75, 3.05) is 13.6 Å². The largest absolute Gasteiger partial charge is 0.350 e. The van der Waals surface area contributed by atoms with Crippen LogP contribution in [0.5, 0.6) is 0 Å². The average Bonchev–Trinajstić information content (AvgIpc) is 2.66. The maximum atomic E-state index is 12.0. The number of hydrogen-bond acceptors (Lipinski definition) is 3. The number of carbonyl (C=O) groups excluding carboxylic acids is 1. The van der Waals surface area contributed by atoms with Crippen LogP contribution in [0.4, 0.5) is 0 Å². The predicted octanol–water partition coefficient (Wildman–Crippen LogP) is 2.34. The molecule has 1 amide bonds. The predicted molar refractivity (Wildman–Crippen MR) is 78.9 cm³/mol. The summed E-state index contributed by atoms with van der Waals surface area (Å²) in [5, 5.41) is 3.54. The fourth-order valence-corrected chi connectivity index (χ4v) is 3.71. The fraction of sp³-hybridized carbons (Fsp3) is 0.600. The molecule has 20 heavy (non-hydrogen) atoms. The highest BCUT2D eigenvalue weighted by Gasteiger charge is 2.38. The van der Waals surface area contributed by atoms with Crippen molar-refractivity contribution >= 4 is 17.5 Å². The first-order chi connectivity index (χ1) is 9.63. The molecule has 1 aromatic rings. The molecule has 3 heterocycles. The van der Waals surface area contributed by atoms with E-state index in [0.717, 1.165) is 6.54 Å². The molecule has 0 radical (unpaired) electrons. The minimum absolute atomic E-state index is 0.126. The molecule has 0 aromatic carbocycles. The number of carbonyl (C=O) groups is 1. The van der Waals surface area contributed by atoms with E-state index in [4.69, 9.17) is 11.6 Å². The van der Waals surface area contributed by atoms with Gasteiger partial charge in [-0.2, -0.15) is 0 Å². The molecule has 2 aliphatic heterocycles. The van der Waals surface area contributed by atoms with Gasteiger partial charge in [0.05, 0.1) is 0 Å². The number of halogens is 1. The van der Waals surface area contributed by atoms with Gasteiger partial charge < -0.3 is 10.2 Å². The maximum Gasteiger partial charge on any atom is 0.269 e. The van der Waals surface area contributed by atoms with Crippen molar-refractivity contribution in [1.29, 1.82) is 0 Å². The Hall–Kier alpha value is -1.13. The molecular weight excluding hydrogens is 274 g/mol. The third-order valence-corrected chi connectivity index (χ3v) is 4.94. The zero-order valence-corrected chi connectivity index (χ0v) is 12.4. The van der Waals surface area contributed by atoms with Crippen LogP contribution in [-0.4, -0.2) is 41.5 Å². The van der Waals surface area contributed by atoms with Crippen LogP contribution >= 0.6 is 11.6 Å². The molecule has 2 fully saturated rings. The maximum absolute atomic E-state index is 12.0. The lowest BCUT2D eigenvalue weighted by molar-refractivity contribution is 0.0912. The van der Waals surface area contributed by atoms with Gasteiger partial charge in [-0.15, -0.1) is 0 Å². The molecule has 2 saturated heterocycles. The normalized spacial score (nSPS) is 29.4. The first-order valence-electron chi connectivity index (χ1n) is 7.25. The second kappa shape index (κ2) is 5.70. The lowest BCUT2D eigenvalue weighted by Crippen LogP contribution is -2.43. The molecule has 5 heteroatoms. The minimum Gasteiger partial charge on any atom is -0.350 e. The lowest BCUT2D eigenvalue weighted by Gasteiger charge is -2.36. The first kappa shape index (κ1) is 13.8. The molecule has 2 bridgehead atoms. The Morgan fingerprint density at radius 1 is 1.45 bits per heavy atom. The number of aromatic nitrogens is 1. The summed E-state index contributed by atoms with van der Waals surface area (Å²) in [6, 6.07) is 4.70. The van der Waals surface area contributed by atoms with Crippen molar-refractivity contribution in [2.45, 2.75) is 37.8 Å². The van der Waals surface area contributed by atoms with E-state index < -0.39 is 0 Å². The van der Waals surface area contributed by atoms with E-state index in [-0.39, 0.29) is 5.91 Å². The molecule has 0 spiro atoms. The molecule has 0 aliphatic carbocycles. The van der Waals surface area contributed by atoms with Gasteiger partial charge in [-0.1, -0.05) is 11.6 Å². The third kappa shape index (κ3) is 2.81. The molecule has 2 aliphatic rings. The number of nitrogens with zero attached hydrogens (tertiary/aromatic N) is 2. The first-order valence-corrected chi connectivity index (χ1v) is 7.63. The van der Waals surface area contributed by atoms with Crippen molar-refractivity contribution in [3.63, 3.8) is 0 Å². The second-order valence-electron chi connectivity index (χ2n) is 5.96. The quantitative estimate of drug-likeness (QED) is 0.930. The van der Waals surface area contributed by atoms with Crippen molar-refractivity contribution < 1.29 is 4.79 Å². The molecule has 1 aromatic heterocycles. The summed E-state index contributed by atoms with van der Waals surface area (Å²) in [5.74, 6) is 0.464. The van der Waals surface area contributed by atoms with Gasteiger partial charge in [-0.25, -0.2) is 0 Å². The van der Waals surface area contributed by atoms with E-state index >= 15 is 0 Å². The zero-order valence-electron chi connectivity index (χ0n) is 11.7. The molecule has 4 nitrogen and oxygen atoms in total. The van der Waals surface area contributed by atoms with Crippen molar-refractivity contribution in [3.8, 4) is 0 Å². The minimum atomic E-state index is -0.126. The number of nitrogens with one attached hydrogen (secondary N) is 1. The summed E-state index contributed by atoms with van der Waals surface area (Å²) in [7, 11) is 2.23. The highest BCUT2D eigenvalue weighted by atomic mass is 35.5. The Labute approximate surface area is 124 Å². The zero-order chi connectivity index (χ0) is 14.1. The summed E-state index contributed by atoms with van der Waals surface area (Å²) >= 11 is 5.87. The van der Waals surface area contributed by atoms with E-state index in [2.05, 4.69) is 22.2 Å². The van der Waals surface area contributed by atoms with Gasteiger partial charge in [-0.05, 0) is 50.8 Å². The van der Waals surface area contributed by atoms with Crippen LogP contribution in [0, 0.1) is 5.92 Å². The topological polar surface area (TPSA) is 45.2 Å². The monoisotopic (exact) mass is 293 g/mol. The van der Waals surface area contributed by atoms with Gasteiger partial charge in [0.2, 0.25) is 0 Å². The Morgan fingerprint density at radius 2 is 2.15 bits per heavy atom. The van der Waals surface area contributed by atoms with Crippen molar-refractivity contribution in [1.82, 2.24) is 15.2 Å². The Balaban J connectivity index is 1.54. The molecule has 0 saturated carbocycles. The van der Waals surface area contributed by atoms with Gasteiger partial charge in [0, 0.05) is 29.8 Å². The number of pyridine rings is 1. The lowest BCUT2D eigenvalue weighted by atomic mass is 9.91. The number of fused-ring (bicyclic) bond motifs is 2. The summed E-state index contributed by atoms with van der Waals surface area (Å²) in [5.41, 5.74) is 0.397. The summed E-state index contributed by atoms with van der Waals surface area (Å²) < 4.78 is 0. The highest BCUT2D eigenvalue weighted by molar-refractivity contribution is 6.30. The number of rotatable bonds is 3. The average molecular weight is 294 g/mol. The fourth-order valence-electron chi connectivity index (χ4n) is 3.55. The van der Waals surface area contributed by atoms with Crippen LogP contribution in [0.2, 0.25) is 5.02 Å². The Morgan fingerprint density at radius 3 is 2.80 bits per heavy atom. The molecule has 3 rings (SSSR count). The number of piperidine rings is 1. The SMILES string of the molecule is CN1C2CCC1CC(CNC(=O)c1cc(Cl)ccn1)C2. The van der Waals surface area contributed by atoms with E-state index in [1.54, 1.807) is 18.3 Å². The summed E-state index contributed by atoms with van der Waals surface area (Å²) in [6.45, 7) is 0.744. The van der Waals surface area contributed by atoms with Crippen LogP contribution in [0.15, 0.2) is 18.3 Å². The van der Waals surface area contributed by atoms with Crippen molar-refractivity contribution in [2.24, 2.45) is 5.92 Å². The van der Waals surface area contributed by atoms with Gasteiger partial charge >= 0.3 is 0 Å². The van der Waals surface area contributed by atoms with Crippen LogP contribution < -0.4 is 5.32 Å². The highest BCUT2D eigenvalue weighted by Crippen LogP contribution is 2.36. The van der Waals surface area contributed by atoms with E-state index in [1.165, 1.54) is 25.7 Å². The smallest absolute Gasteiger partial charge is 0.269 e. The van der Waals surface area contributed by atoms with Gasteiger partial charge in [0.25, 0.3) is 5.91 Å². The van der Waals surface area contributed by atoms with E-state index in [1.807, 2.05) is 0 Å². The van der Waals surface area contributed by atoms with Crippen LogP contribution in [0.3, 0.4) is 0 Å². The second-order valence-corrected chi connectivity index (χ2v) is 6.39. The van der Waals surface area contributed by atoms with Crippen LogP contribution in [0.25, 0.3) is 0 Å². The number of amides is 1. The number of hydrogen-bond donors (Lipinski definition) is 1.